The van der Waals surface area contributed by atoms with Gasteiger partial charge >= 0.3 is 0 Å². The molecule has 2 aliphatic rings. The first-order chi connectivity index (χ1) is 10.2. The van der Waals surface area contributed by atoms with E-state index < -0.39 is 0 Å². The van der Waals surface area contributed by atoms with Gasteiger partial charge in [0.05, 0.1) is 0 Å². The number of benzene rings is 1. The van der Waals surface area contributed by atoms with Gasteiger partial charge in [0.15, 0.2) is 0 Å². The van der Waals surface area contributed by atoms with Gasteiger partial charge in [0, 0.05) is 18.2 Å². The molecule has 1 aliphatic heterocycles. The summed E-state index contributed by atoms with van der Waals surface area (Å²) in [6.45, 7) is 7.21. The van der Waals surface area contributed by atoms with Gasteiger partial charge < -0.3 is 10.2 Å². The number of rotatable bonds is 4. The molecule has 1 unspecified atom stereocenters. The van der Waals surface area contributed by atoms with Crippen molar-refractivity contribution in [3.8, 4) is 0 Å². The Morgan fingerprint density at radius 1 is 1.24 bits per heavy atom. The van der Waals surface area contributed by atoms with E-state index in [9.17, 15) is 4.79 Å². The van der Waals surface area contributed by atoms with Crippen molar-refractivity contribution >= 4 is 5.91 Å². The lowest BCUT2D eigenvalue weighted by Crippen LogP contribution is -2.42. The SMILES string of the molecule is Cc1cccc(C)c1C(=O)N(CC1CCCNC1)C1CC1. The zero-order valence-electron chi connectivity index (χ0n) is 13.2. The molecule has 2 fully saturated rings. The second kappa shape index (κ2) is 6.18. The Balaban J connectivity index is 1.78. The summed E-state index contributed by atoms with van der Waals surface area (Å²) >= 11 is 0. The molecular formula is C18H26N2O. The number of amides is 1. The predicted molar refractivity (Wildman–Crippen MR) is 85.6 cm³/mol. The molecular weight excluding hydrogens is 260 g/mol. The molecule has 1 N–H and O–H groups in total. The summed E-state index contributed by atoms with van der Waals surface area (Å²) in [5.41, 5.74) is 3.13. The summed E-state index contributed by atoms with van der Waals surface area (Å²) in [7, 11) is 0. The summed E-state index contributed by atoms with van der Waals surface area (Å²) in [5.74, 6) is 0.867. The Hall–Kier alpha value is -1.35. The molecule has 21 heavy (non-hydrogen) atoms. The number of nitrogens with zero attached hydrogens (tertiary/aromatic N) is 1. The van der Waals surface area contributed by atoms with E-state index in [4.69, 9.17) is 0 Å². The fraction of sp³-hybridized carbons (Fsp3) is 0.611. The highest BCUT2D eigenvalue weighted by Crippen LogP contribution is 2.31. The minimum Gasteiger partial charge on any atom is -0.335 e. The van der Waals surface area contributed by atoms with Crippen LogP contribution in [-0.4, -0.2) is 36.5 Å². The number of aryl methyl sites for hydroxylation is 2. The lowest BCUT2D eigenvalue weighted by molar-refractivity contribution is 0.0702. The molecule has 3 heteroatoms. The number of hydrogen-bond donors (Lipinski definition) is 1. The maximum Gasteiger partial charge on any atom is 0.254 e. The normalized spacial score (nSPS) is 22.1. The molecule has 3 rings (SSSR count). The summed E-state index contributed by atoms with van der Waals surface area (Å²) in [6.07, 6.45) is 4.84. The molecule has 3 nitrogen and oxygen atoms in total. The third kappa shape index (κ3) is 3.29. The van der Waals surface area contributed by atoms with Crippen LogP contribution in [0.15, 0.2) is 18.2 Å². The van der Waals surface area contributed by atoms with Crippen molar-refractivity contribution in [2.24, 2.45) is 5.92 Å². The van der Waals surface area contributed by atoms with Gasteiger partial charge in [-0.25, -0.2) is 0 Å². The highest BCUT2D eigenvalue weighted by atomic mass is 16.2. The molecule has 1 amide bonds. The van der Waals surface area contributed by atoms with E-state index in [0.29, 0.717) is 12.0 Å². The zero-order chi connectivity index (χ0) is 14.8. The molecule has 114 valence electrons. The number of carbonyl (C=O) groups excluding carboxylic acids is 1. The summed E-state index contributed by atoms with van der Waals surface area (Å²) in [5, 5.41) is 3.46. The van der Waals surface area contributed by atoms with Crippen molar-refractivity contribution in [1.82, 2.24) is 10.2 Å². The number of hydrogen-bond acceptors (Lipinski definition) is 2. The molecule has 1 aromatic carbocycles. The van der Waals surface area contributed by atoms with Crippen molar-refractivity contribution in [3.63, 3.8) is 0 Å². The van der Waals surface area contributed by atoms with Crippen LogP contribution in [0.25, 0.3) is 0 Å². The Labute approximate surface area is 127 Å². The lowest BCUT2D eigenvalue weighted by Gasteiger charge is -2.31. The molecule has 1 heterocycles. The predicted octanol–water partition coefficient (Wildman–Crippen LogP) is 2.91. The second-order valence-corrected chi connectivity index (χ2v) is 6.67. The van der Waals surface area contributed by atoms with Gasteiger partial charge in [-0.1, -0.05) is 18.2 Å². The van der Waals surface area contributed by atoms with Gasteiger partial charge in [-0.15, -0.1) is 0 Å². The molecule has 0 spiro atoms. The van der Waals surface area contributed by atoms with Gasteiger partial charge in [0.2, 0.25) is 0 Å². The fourth-order valence-electron chi connectivity index (χ4n) is 3.44. The van der Waals surface area contributed by atoms with Gasteiger partial charge in [0.25, 0.3) is 5.91 Å². The third-order valence-corrected chi connectivity index (χ3v) is 4.80. The van der Waals surface area contributed by atoms with E-state index in [0.717, 1.165) is 36.3 Å². The van der Waals surface area contributed by atoms with Gasteiger partial charge in [0.1, 0.15) is 0 Å². The van der Waals surface area contributed by atoms with Crippen LogP contribution >= 0.6 is 0 Å². The molecule has 0 aromatic heterocycles. The minimum atomic E-state index is 0.249. The van der Waals surface area contributed by atoms with Crippen LogP contribution in [0.4, 0.5) is 0 Å². The van der Waals surface area contributed by atoms with E-state index >= 15 is 0 Å². The lowest BCUT2D eigenvalue weighted by atomic mass is 9.97. The van der Waals surface area contributed by atoms with E-state index in [1.54, 1.807) is 0 Å². The van der Waals surface area contributed by atoms with Crippen molar-refractivity contribution in [2.45, 2.75) is 45.6 Å². The maximum atomic E-state index is 13.0. The van der Waals surface area contributed by atoms with Crippen LogP contribution in [0.3, 0.4) is 0 Å². The van der Waals surface area contributed by atoms with E-state index in [1.807, 2.05) is 32.0 Å². The number of piperidine rings is 1. The topological polar surface area (TPSA) is 32.3 Å². The molecule has 1 saturated heterocycles. The molecule has 1 aliphatic carbocycles. The van der Waals surface area contributed by atoms with Crippen molar-refractivity contribution in [2.75, 3.05) is 19.6 Å². The highest BCUT2D eigenvalue weighted by Gasteiger charge is 2.35. The molecule has 1 aromatic rings. The Bertz CT molecular complexity index is 496. The van der Waals surface area contributed by atoms with Crippen molar-refractivity contribution in [1.29, 1.82) is 0 Å². The zero-order valence-corrected chi connectivity index (χ0v) is 13.2. The summed E-state index contributed by atoms with van der Waals surface area (Å²) in [6, 6.07) is 6.62. The Morgan fingerprint density at radius 2 is 1.95 bits per heavy atom. The van der Waals surface area contributed by atoms with Crippen molar-refractivity contribution in [3.05, 3.63) is 34.9 Å². The van der Waals surface area contributed by atoms with Gasteiger partial charge in [-0.2, -0.15) is 0 Å². The summed E-state index contributed by atoms with van der Waals surface area (Å²) < 4.78 is 0. The Morgan fingerprint density at radius 3 is 2.52 bits per heavy atom. The van der Waals surface area contributed by atoms with Gasteiger partial charge in [-0.3, -0.25) is 4.79 Å². The van der Waals surface area contributed by atoms with Crippen LogP contribution in [0.1, 0.15) is 47.2 Å². The smallest absolute Gasteiger partial charge is 0.254 e. The minimum absolute atomic E-state index is 0.249. The largest absolute Gasteiger partial charge is 0.335 e. The maximum absolute atomic E-state index is 13.0. The van der Waals surface area contributed by atoms with Crippen LogP contribution in [0, 0.1) is 19.8 Å². The van der Waals surface area contributed by atoms with Crippen LogP contribution < -0.4 is 5.32 Å². The average molecular weight is 286 g/mol. The highest BCUT2D eigenvalue weighted by molar-refractivity contribution is 5.97. The fourth-order valence-corrected chi connectivity index (χ4v) is 3.44. The second-order valence-electron chi connectivity index (χ2n) is 6.67. The molecule has 1 saturated carbocycles. The first-order valence-electron chi connectivity index (χ1n) is 8.24. The van der Waals surface area contributed by atoms with Crippen LogP contribution in [0.2, 0.25) is 0 Å². The van der Waals surface area contributed by atoms with Crippen LogP contribution in [0.5, 0.6) is 0 Å². The number of nitrogens with one attached hydrogen (secondary N) is 1. The molecule has 0 bridgehead atoms. The van der Waals surface area contributed by atoms with Gasteiger partial charge in [-0.05, 0) is 69.7 Å². The van der Waals surface area contributed by atoms with E-state index in [-0.39, 0.29) is 5.91 Å². The average Bonchev–Trinajstić information content (AvgIpc) is 3.30. The molecule has 1 atom stereocenters. The quantitative estimate of drug-likeness (QED) is 0.923. The van der Waals surface area contributed by atoms with Crippen LogP contribution in [-0.2, 0) is 0 Å². The van der Waals surface area contributed by atoms with Crippen molar-refractivity contribution < 1.29 is 4.79 Å². The molecule has 0 radical (unpaired) electrons. The first kappa shape index (κ1) is 14.6. The standard InChI is InChI=1S/C18H26N2O/c1-13-5-3-6-14(2)17(13)18(21)20(16-8-9-16)12-15-7-4-10-19-11-15/h3,5-6,15-16,19H,4,7-12H2,1-2H3. The van der Waals surface area contributed by atoms with E-state index in [1.165, 1.54) is 25.7 Å². The van der Waals surface area contributed by atoms with E-state index in [2.05, 4.69) is 10.2 Å². The number of carbonyl (C=O) groups is 1. The monoisotopic (exact) mass is 286 g/mol. The third-order valence-electron chi connectivity index (χ3n) is 4.80. The summed E-state index contributed by atoms with van der Waals surface area (Å²) in [4.78, 5) is 15.2. The first-order valence-corrected chi connectivity index (χ1v) is 8.24. The Kier molecular flexibility index (Phi) is 4.29.